The van der Waals surface area contributed by atoms with Gasteiger partial charge in [0.2, 0.25) is 5.91 Å². The Morgan fingerprint density at radius 1 is 1.18 bits per heavy atom. The number of fused-ring (bicyclic) bond motifs is 1. The molecular formula is C17H16N2OS2. The number of aromatic nitrogens is 1. The van der Waals surface area contributed by atoms with E-state index in [9.17, 15) is 4.79 Å². The number of thiazole rings is 1. The minimum Gasteiger partial charge on any atom is -0.301 e. The van der Waals surface area contributed by atoms with Crippen molar-refractivity contribution in [1.29, 1.82) is 0 Å². The molecule has 1 aromatic heterocycles. The second-order valence-corrected chi connectivity index (χ2v) is 7.11. The van der Waals surface area contributed by atoms with Gasteiger partial charge in [-0.25, -0.2) is 4.98 Å². The van der Waals surface area contributed by atoms with Crippen molar-refractivity contribution in [3.63, 3.8) is 0 Å². The number of para-hydroxylation sites is 1. The average molecular weight is 328 g/mol. The lowest BCUT2D eigenvalue weighted by atomic mass is 10.3. The predicted octanol–water partition coefficient (Wildman–Crippen LogP) is 4.81. The molecule has 0 fully saturated rings. The highest BCUT2D eigenvalue weighted by Crippen LogP contribution is 2.29. The number of anilines is 1. The Morgan fingerprint density at radius 3 is 2.64 bits per heavy atom. The summed E-state index contributed by atoms with van der Waals surface area (Å²) in [5.41, 5.74) is 0.923. The van der Waals surface area contributed by atoms with E-state index in [2.05, 4.69) is 10.3 Å². The third-order valence-electron chi connectivity index (χ3n) is 3.21. The molecule has 0 saturated carbocycles. The lowest BCUT2D eigenvalue weighted by Crippen LogP contribution is -2.24. The highest BCUT2D eigenvalue weighted by molar-refractivity contribution is 8.00. The zero-order valence-electron chi connectivity index (χ0n) is 12.2. The molecular weight excluding hydrogens is 312 g/mol. The molecule has 3 rings (SSSR count). The fraction of sp³-hybridized carbons (Fsp3) is 0.176. The fourth-order valence-corrected chi connectivity index (χ4v) is 3.94. The van der Waals surface area contributed by atoms with Gasteiger partial charge in [-0.15, -0.1) is 11.8 Å². The van der Waals surface area contributed by atoms with Crippen LogP contribution in [0.3, 0.4) is 0 Å². The van der Waals surface area contributed by atoms with E-state index in [0.29, 0.717) is 5.13 Å². The lowest BCUT2D eigenvalue weighted by Gasteiger charge is -2.13. The van der Waals surface area contributed by atoms with E-state index in [0.717, 1.165) is 21.5 Å². The van der Waals surface area contributed by atoms with Crippen molar-refractivity contribution < 1.29 is 4.79 Å². The minimum atomic E-state index is -0.116. The summed E-state index contributed by atoms with van der Waals surface area (Å²) < 4.78 is 1.08. The summed E-state index contributed by atoms with van der Waals surface area (Å²) >= 11 is 3.10. The van der Waals surface area contributed by atoms with E-state index in [1.807, 2.05) is 61.5 Å². The van der Waals surface area contributed by atoms with Crippen LogP contribution in [0.1, 0.15) is 13.3 Å². The maximum Gasteiger partial charge on any atom is 0.239 e. The summed E-state index contributed by atoms with van der Waals surface area (Å²) in [4.78, 5) is 18.0. The van der Waals surface area contributed by atoms with E-state index >= 15 is 0 Å². The van der Waals surface area contributed by atoms with Crippen molar-refractivity contribution in [1.82, 2.24) is 4.98 Å². The van der Waals surface area contributed by atoms with Crippen molar-refractivity contribution >= 4 is 44.4 Å². The Kier molecular flexibility index (Phi) is 4.75. The second kappa shape index (κ2) is 6.94. The monoisotopic (exact) mass is 328 g/mol. The van der Waals surface area contributed by atoms with Crippen LogP contribution in [-0.2, 0) is 4.79 Å². The molecule has 22 heavy (non-hydrogen) atoms. The van der Waals surface area contributed by atoms with Crippen LogP contribution in [0.4, 0.5) is 5.13 Å². The first-order chi connectivity index (χ1) is 10.8. The Hall–Kier alpha value is -1.85. The summed E-state index contributed by atoms with van der Waals surface area (Å²) in [6.07, 6.45) is 0.774. The van der Waals surface area contributed by atoms with Gasteiger partial charge in [0.1, 0.15) is 0 Å². The van der Waals surface area contributed by atoms with Crippen LogP contribution in [0.5, 0.6) is 0 Å². The number of thioether (sulfide) groups is 1. The van der Waals surface area contributed by atoms with Crippen LogP contribution >= 0.6 is 23.1 Å². The number of nitrogens with one attached hydrogen (secondary N) is 1. The molecule has 1 heterocycles. The number of nitrogens with zero attached hydrogens (tertiary/aromatic N) is 1. The van der Waals surface area contributed by atoms with Crippen LogP contribution in [-0.4, -0.2) is 16.1 Å². The quantitative estimate of drug-likeness (QED) is 0.684. The Balaban J connectivity index is 1.71. The molecule has 1 N–H and O–H groups in total. The first-order valence-corrected chi connectivity index (χ1v) is 8.84. The van der Waals surface area contributed by atoms with E-state index < -0.39 is 0 Å². The van der Waals surface area contributed by atoms with Crippen molar-refractivity contribution in [3.05, 3.63) is 54.6 Å². The smallest absolute Gasteiger partial charge is 0.239 e. The third-order valence-corrected chi connectivity index (χ3v) is 5.54. The summed E-state index contributed by atoms with van der Waals surface area (Å²) in [5, 5.41) is 3.50. The van der Waals surface area contributed by atoms with E-state index in [1.165, 1.54) is 11.3 Å². The van der Waals surface area contributed by atoms with Gasteiger partial charge in [0, 0.05) is 4.90 Å². The first kappa shape index (κ1) is 15.1. The summed E-state index contributed by atoms with van der Waals surface area (Å²) in [6, 6.07) is 17.9. The van der Waals surface area contributed by atoms with Crippen LogP contribution in [0.2, 0.25) is 0 Å². The number of carbonyl (C=O) groups excluding carboxylic acids is 1. The molecule has 0 saturated heterocycles. The Bertz CT molecular complexity index is 737. The molecule has 1 amide bonds. The fourth-order valence-electron chi connectivity index (χ4n) is 2.10. The van der Waals surface area contributed by atoms with Crippen LogP contribution < -0.4 is 5.32 Å². The zero-order valence-corrected chi connectivity index (χ0v) is 13.8. The highest BCUT2D eigenvalue weighted by Gasteiger charge is 2.19. The number of amides is 1. The summed E-state index contributed by atoms with van der Waals surface area (Å²) in [6.45, 7) is 2.03. The van der Waals surface area contributed by atoms with Gasteiger partial charge in [0.25, 0.3) is 0 Å². The first-order valence-electron chi connectivity index (χ1n) is 7.14. The van der Waals surface area contributed by atoms with E-state index in [-0.39, 0.29) is 11.2 Å². The van der Waals surface area contributed by atoms with Gasteiger partial charge >= 0.3 is 0 Å². The SMILES string of the molecule is CCC(Sc1ccccc1)C(=O)Nc1nc2ccccc2s1. The van der Waals surface area contributed by atoms with Crippen LogP contribution in [0.15, 0.2) is 59.5 Å². The van der Waals surface area contributed by atoms with Crippen LogP contribution in [0, 0.1) is 0 Å². The van der Waals surface area contributed by atoms with Gasteiger partial charge in [-0.1, -0.05) is 48.6 Å². The number of rotatable bonds is 5. The van der Waals surface area contributed by atoms with Crippen molar-refractivity contribution in [3.8, 4) is 0 Å². The number of benzene rings is 2. The summed E-state index contributed by atoms with van der Waals surface area (Å²) in [7, 11) is 0. The molecule has 0 radical (unpaired) electrons. The Morgan fingerprint density at radius 2 is 1.91 bits per heavy atom. The molecule has 1 unspecified atom stereocenters. The third kappa shape index (κ3) is 3.48. The van der Waals surface area contributed by atoms with Crippen LogP contribution in [0.25, 0.3) is 10.2 Å². The summed E-state index contributed by atoms with van der Waals surface area (Å²) in [5.74, 6) is 0.00964. The van der Waals surface area contributed by atoms with Gasteiger partial charge in [-0.2, -0.15) is 0 Å². The minimum absolute atomic E-state index is 0.00964. The van der Waals surface area contributed by atoms with Gasteiger partial charge in [0.15, 0.2) is 5.13 Å². The maximum atomic E-state index is 12.5. The second-order valence-electron chi connectivity index (χ2n) is 4.80. The molecule has 1 atom stereocenters. The largest absolute Gasteiger partial charge is 0.301 e. The van der Waals surface area contributed by atoms with Gasteiger partial charge < -0.3 is 5.32 Å². The van der Waals surface area contributed by atoms with Crippen molar-refractivity contribution in [2.45, 2.75) is 23.5 Å². The Labute approximate surface area is 137 Å². The molecule has 3 nitrogen and oxygen atoms in total. The molecule has 0 aliphatic carbocycles. The van der Waals surface area contributed by atoms with Crippen molar-refractivity contribution in [2.24, 2.45) is 0 Å². The van der Waals surface area contributed by atoms with E-state index in [4.69, 9.17) is 0 Å². The number of hydrogen-bond donors (Lipinski definition) is 1. The highest BCUT2D eigenvalue weighted by atomic mass is 32.2. The maximum absolute atomic E-state index is 12.5. The van der Waals surface area contributed by atoms with E-state index in [1.54, 1.807) is 11.8 Å². The standard InChI is InChI=1S/C17H16N2OS2/c1-2-14(21-12-8-4-3-5-9-12)16(20)19-17-18-13-10-6-7-11-15(13)22-17/h3-11,14H,2H2,1H3,(H,18,19,20). The van der Waals surface area contributed by atoms with Gasteiger partial charge in [-0.05, 0) is 30.7 Å². The zero-order chi connectivity index (χ0) is 15.4. The van der Waals surface area contributed by atoms with Crippen molar-refractivity contribution in [2.75, 3.05) is 5.32 Å². The molecule has 5 heteroatoms. The number of hydrogen-bond acceptors (Lipinski definition) is 4. The normalized spacial score (nSPS) is 12.2. The average Bonchev–Trinajstić information content (AvgIpc) is 2.95. The van der Waals surface area contributed by atoms with Gasteiger partial charge in [0.05, 0.1) is 15.5 Å². The lowest BCUT2D eigenvalue weighted by molar-refractivity contribution is -0.115. The molecule has 112 valence electrons. The molecule has 3 aromatic rings. The molecule has 0 spiro atoms. The predicted molar refractivity (Wildman–Crippen MR) is 94.6 cm³/mol. The molecule has 0 aliphatic heterocycles. The topological polar surface area (TPSA) is 42.0 Å². The number of carbonyl (C=O) groups is 1. The van der Waals surface area contributed by atoms with Gasteiger partial charge in [-0.3, -0.25) is 4.79 Å². The molecule has 0 bridgehead atoms. The molecule has 2 aromatic carbocycles. The molecule has 0 aliphatic rings.